The first-order chi connectivity index (χ1) is 14.1. The number of aromatic nitrogens is 2. The van der Waals surface area contributed by atoms with E-state index in [1.165, 1.54) is 0 Å². The van der Waals surface area contributed by atoms with Gasteiger partial charge in [-0.2, -0.15) is 10.2 Å². The van der Waals surface area contributed by atoms with Gasteiger partial charge in [0.25, 0.3) is 0 Å². The number of ether oxygens (including phenoxy) is 1. The van der Waals surface area contributed by atoms with Crippen molar-refractivity contribution in [1.82, 2.24) is 9.97 Å². The molecule has 0 amide bonds. The summed E-state index contributed by atoms with van der Waals surface area (Å²) in [4.78, 5) is 7.57. The van der Waals surface area contributed by atoms with Gasteiger partial charge in [-0.25, -0.2) is 0 Å². The summed E-state index contributed by atoms with van der Waals surface area (Å²) in [6, 6.07) is 17.8. The Balaban J connectivity index is 1.98. The molecule has 0 bridgehead atoms. The maximum atomic E-state index is 9.67. The summed E-state index contributed by atoms with van der Waals surface area (Å²) in [6.45, 7) is 2.03. The maximum absolute atomic E-state index is 9.67. The molecule has 0 fully saturated rings. The van der Waals surface area contributed by atoms with Gasteiger partial charge < -0.3 is 14.1 Å². The summed E-state index contributed by atoms with van der Waals surface area (Å²) in [7, 11) is 1.63. The third kappa shape index (κ3) is 2.56. The van der Waals surface area contributed by atoms with Gasteiger partial charge in [0.2, 0.25) is 5.71 Å². The lowest BCUT2D eigenvalue weighted by molar-refractivity contribution is 0.415. The Labute approximate surface area is 165 Å². The predicted molar refractivity (Wildman–Crippen MR) is 111 cm³/mol. The number of methoxy groups -OCH3 is 1. The molecule has 29 heavy (non-hydrogen) atoms. The van der Waals surface area contributed by atoms with E-state index in [-0.39, 0.29) is 11.1 Å². The Bertz CT molecular complexity index is 1520. The molecule has 0 radical (unpaired) electrons. The number of hydrogen-bond acceptors (Lipinski definition) is 5. The highest BCUT2D eigenvalue weighted by Gasteiger charge is 2.17. The number of aromatic amines is 1. The van der Waals surface area contributed by atoms with Crippen molar-refractivity contribution in [2.45, 2.75) is 6.92 Å². The van der Waals surface area contributed by atoms with Crippen molar-refractivity contribution in [2.24, 2.45) is 0 Å². The molecule has 6 heteroatoms. The smallest absolute Gasteiger partial charge is 0.231 e. The van der Waals surface area contributed by atoms with E-state index in [0.717, 1.165) is 33.3 Å². The molecule has 140 valence electrons. The second-order valence-electron chi connectivity index (χ2n) is 6.93. The number of hydrogen-bond donors (Lipinski definition) is 2. The molecule has 0 saturated carbocycles. The normalized spacial score (nSPS) is 11.2. The summed E-state index contributed by atoms with van der Waals surface area (Å²) in [6.07, 6.45) is 0. The van der Waals surface area contributed by atoms with E-state index in [9.17, 15) is 5.26 Å². The van der Waals surface area contributed by atoms with Crippen molar-refractivity contribution < 1.29 is 9.15 Å². The Hall–Kier alpha value is -4.11. The topological polar surface area (TPSA) is 98.7 Å². The fourth-order valence-electron chi connectivity index (χ4n) is 3.69. The van der Waals surface area contributed by atoms with Crippen LogP contribution < -0.4 is 10.2 Å². The summed E-state index contributed by atoms with van der Waals surface area (Å²) < 4.78 is 11.2. The first kappa shape index (κ1) is 17.0. The Morgan fingerprint density at radius 2 is 1.90 bits per heavy atom. The fourth-order valence-corrected chi connectivity index (χ4v) is 3.69. The van der Waals surface area contributed by atoms with Crippen molar-refractivity contribution in [2.75, 3.05) is 7.11 Å². The molecular weight excluding hydrogens is 364 g/mol. The summed E-state index contributed by atoms with van der Waals surface area (Å²) in [5.41, 5.74) is 4.54. The molecule has 0 atom stereocenters. The number of H-pyrrole nitrogens is 1. The second-order valence-corrected chi connectivity index (χ2v) is 6.93. The van der Waals surface area contributed by atoms with Crippen LogP contribution in [0.3, 0.4) is 0 Å². The molecule has 3 aromatic heterocycles. The van der Waals surface area contributed by atoms with E-state index in [4.69, 9.17) is 14.6 Å². The highest BCUT2D eigenvalue weighted by Crippen LogP contribution is 2.35. The molecule has 0 aliphatic carbocycles. The van der Waals surface area contributed by atoms with Crippen LogP contribution in [0.25, 0.3) is 44.2 Å². The lowest BCUT2D eigenvalue weighted by Crippen LogP contribution is -2.12. The molecule has 6 nitrogen and oxygen atoms in total. The number of nitriles is 1. The lowest BCUT2D eigenvalue weighted by Gasteiger charge is -2.13. The third-order valence-corrected chi connectivity index (χ3v) is 5.13. The standard InChI is InChI=1S/C23H16N4O2/c1-12-3-8-19-15(9-12)16-10-18(13-4-6-14(28-2)7-5-13)26-21-17(11-24)22(25)27-23(29-19)20(16)21/h3-10,25-26H,1-2H3. The molecule has 5 rings (SSSR count). The average Bonchev–Trinajstić information content (AvgIpc) is 2.74. The van der Waals surface area contributed by atoms with Crippen LogP contribution in [0.4, 0.5) is 0 Å². The SMILES string of the molecule is COc1ccc(-c2cc3c4cc(C)ccc4oc4nc(=N)c(C#N)c([nH]2)c43)cc1. The van der Waals surface area contributed by atoms with Crippen molar-refractivity contribution in [3.05, 3.63) is 65.1 Å². The number of aryl methyl sites for hydroxylation is 1. The van der Waals surface area contributed by atoms with E-state index in [2.05, 4.69) is 22.1 Å². The van der Waals surface area contributed by atoms with E-state index >= 15 is 0 Å². The average molecular weight is 380 g/mol. The minimum absolute atomic E-state index is 0.111. The number of rotatable bonds is 2. The Morgan fingerprint density at radius 1 is 1.10 bits per heavy atom. The number of benzene rings is 2. The van der Waals surface area contributed by atoms with Crippen LogP contribution in [0, 0.1) is 23.7 Å². The number of nitrogens with zero attached hydrogens (tertiary/aromatic N) is 2. The Morgan fingerprint density at radius 3 is 2.62 bits per heavy atom. The molecule has 0 aliphatic heterocycles. The van der Waals surface area contributed by atoms with E-state index in [1.807, 2.05) is 49.4 Å². The predicted octanol–water partition coefficient (Wildman–Crippen LogP) is 4.80. The highest BCUT2D eigenvalue weighted by atomic mass is 16.5. The van der Waals surface area contributed by atoms with Crippen LogP contribution in [0.15, 0.2) is 52.9 Å². The third-order valence-electron chi connectivity index (χ3n) is 5.13. The zero-order valence-electron chi connectivity index (χ0n) is 15.8. The fraction of sp³-hybridized carbons (Fsp3) is 0.0870. The number of pyridine rings is 2. The number of nitrogens with one attached hydrogen (secondary N) is 2. The van der Waals surface area contributed by atoms with Crippen LogP contribution in [-0.4, -0.2) is 17.1 Å². The van der Waals surface area contributed by atoms with Gasteiger partial charge in [-0.15, -0.1) is 0 Å². The highest BCUT2D eigenvalue weighted by molar-refractivity contribution is 6.17. The van der Waals surface area contributed by atoms with Crippen molar-refractivity contribution in [3.8, 4) is 23.1 Å². The number of fused-ring (bicyclic) bond motifs is 2. The van der Waals surface area contributed by atoms with Crippen molar-refractivity contribution >= 4 is 33.0 Å². The van der Waals surface area contributed by atoms with Gasteiger partial charge in [0, 0.05) is 16.5 Å². The van der Waals surface area contributed by atoms with Gasteiger partial charge in [0.15, 0.2) is 5.49 Å². The minimum Gasteiger partial charge on any atom is -0.497 e. The lowest BCUT2D eigenvalue weighted by atomic mass is 10.0. The molecule has 2 N–H and O–H groups in total. The first-order valence-electron chi connectivity index (χ1n) is 9.08. The van der Waals surface area contributed by atoms with Crippen LogP contribution in [-0.2, 0) is 0 Å². The molecule has 0 aliphatic rings. The summed E-state index contributed by atoms with van der Waals surface area (Å²) >= 11 is 0. The zero-order chi connectivity index (χ0) is 20.1. The maximum Gasteiger partial charge on any atom is 0.231 e. The first-order valence-corrected chi connectivity index (χ1v) is 9.08. The Kier molecular flexibility index (Phi) is 3.65. The van der Waals surface area contributed by atoms with Gasteiger partial charge in [-0.1, -0.05) is 11.6 Å². The van der Waals surface area contributed by atoms with Crippen LogP contribution in [0.5, 0.6) is 5.75 Å². The summed E-state index contributed by atoms with van der Waals surface area (Å²) in [5.74, 6) is 0.767. The minimum atomic E-state index is -0.111. The molecule has 2 aromatic carbocycles. The summed E-state index contributed by atoms with van der Waals surface area (Å²) in [5, 5.41) is 20.4. The second kappa shape index (κ2) is 6.21. The van der Waals surface area contributed by atoms with Gasteiger partial charge in [0.05, 0.1) is 18.0 Å². The molecule has 0 spiro atoms. The van der Waals surface area contributed by atoms with E-state index < -0.39 is 0 Å². The van der Waals surface area contributed by atoms with Gasteiger partial charge in [-0.05, 0) is 55.0 Å². The molecule has 0 saturated heterocycles. The largest absolute Gasteiger partial charge is 0.497 e. The van der Waals surface area contributed by atoms with Gasteiger partial charge >= 0.3 is 0 Å². The van der Waals surface area contributed by atoms with Gasteiger partial charge in [0.1, 0.15) is 23.0 Å². The van der Waals surface area contributed by atoms with E-state index in [0.29, 0.717) is 22.2 Å². The molecule has 0 unspecified atom stereocenters. The van der Waals surface area contributed by atoms with Gasteiger partial charge in [-0.3, -0.25) is 5.41 Å². The molecular formula is C23H16N4O2. The van der Waals surface area contributed by atoms with Crippen LogP contribution in [0.1, 0.15) is 11.1 Å². The quantitative estimate of drug-likeness (QED) is 0.339. The zero-order valence-corrected chi connectivity index (χ0v) is 15.8. The van der Waals surface area contributed by atoms with E-state index in [1.54, 1.807) is 7.11 Å². The van der Waals surface area contributed by atoms with Crippen molar-refractivity contribution in [3.63, 3.8) is 0 Å². The molecule has 5 aromatic rings. The monoisotopic (exact) mass is 380 g/mol. The molecule has 3 heterocycles. The van der Waals surface area contributed by atoms with Crippen molar-refractivity contribution in [1.29, 1.82) is 10.7 Å². The van der Waals surface area contributed by atoms with Crippen LogP contribution >= 0.6 is 0 Å². The van der Waals surface area contributed by atoms with Crippen LogP contribution in [0.2, 0.25) is 0 Å².